The van der Waals surface area contributed by atoms with Crippen molar-refractivity contribution in [2.75, 3.05) is 17.3 Å². The van der Waals surface area contributed by atoms with Crippen LogP contribution in [0.5, 0.6) is 5.75 Å². The second-order valence-electron chi connectivity index (χ2n) is 6.64. The van der Waals surface area contributed by atoms with Gasteiger partial charge < -0.3 is 9.72 Å². The summed E-state index contributed by atoms with van der Waals surface area (Å²) < 4.78 is 33.0. The molecule has 0 spiro atoms. The van der Waals surface area contributed by atoms with Gasteiger partial charge in [-0.1, -0.05) is 12.1 Å². The van der Waals surface area contributed by atoms with Gasteiger partial charge in [-0.25, -0.2) is 8.42 Å². The summed E-state index contributed by atoms with van der Waals surface area (Å²) in [5, 5.41) is 15.6. The van der Waals surface area contributed by atoms with Crippen molar-refractivity contribution in [3.05, 3.63) is 75.6 Å². The number of aromatic nitrogens is 1. The average molecular weight is 443 g/mol. The van der Waals surface area contributed by atoms with Crippen molar-refractivity contribution in [2.45, 2.75) is 18.7 Å². The fraction of sp³-hybridized carbons (Fsp3) is 0.150. The van der Waals surface area contributed by atoms with Crippen LogP contribution < -0.4 is 14.9 Å². The van der Waals surface area contributed by atoms with E-state index in [0.29, 0.717) is 5.75 Å². The fourth-order valence-electron chi connectivity index (χ4n) is 2.91. The molecule has 162 valence electrons. The van der Waals surface area contributed by atoms with Crippen LogP contribution in [-0.4, -0.2) is 31.6 Å². The topological polar surface area (TPSA) is 139 Å². The highest BCUT2D eigenvalue weighted by atomic mass is 32.2. The van der Waals surface area contributed by atoms with E-state index in [1.165, 1.54) is 31.5 Å². The SMILES string of the molecule is COc1ccccc1NS(=O)(=O)c1ccc(N/N=C/c2cc(C)[nH]c2C)c([N+](=O)[O-])c1. The minimum absolute atomic E-state index is 0.0578. The van der Waals surface area contributed by atoms with Crippen LogP contribution in [0.2, 0.25) is 0 Å². The largest absolute Gasteiger partial charge is 0.495 e. The van der Waals surface area contributed by atoms with Gasteiger partial charge in [0, 0.05) is 23.0 Å². The molecule has 0 radical (unpaired) electrons. The van der Waals surface area contributed by atoms with Crippen molar-refractivity contribution in [3.8, 4) is 5.75 Å². The molecule has 3 N–H and O–H groups in total. The number of aromatic amines is 1. The lowest BCUT2D eigenvalue weighted by Crippen LogP contribution is -2.14. The molecule has 0 aliphatic heterocycles. The zero-order valence-electron chi connectivity index (χ0n) is 17.0. The van der Waals surface area contributed by atoms with Crippen LogP contribution in [0, 0.1) is 24.0 Å². The third-order valence-corrected chi connectivity index (χ3v) is 5.77. The molecule has 1 aromatic heterocycles. The van der Waals surface area contributed by atoms with E-state index in [-0.39, 0.29) is 16.3 Å². The molecule has 0 saturated heterocycles. The van der Waals surface area contributed by atoms with Gasteiger partial charge in [0.25, 0.3) is 15.7 Å². The van der Waals surface area contributed by atoms with Gasteiger partial charge in [0.1, 0.15) is 11.4 Å². The number of nitrogens with one attached hydrogen (secondary N) is 3. The Kier molecular flexibility index (Phi) is 6.25. The van der Waals surface area contributed by atoms with Crippen LogP contribution in [-0.2, 0) is 10.0 Å². The third kappa shape index (κ3) is 5.01. The van der Waals surface area contributed by atoms with Crippen molar-refractivity contribution < 1.29 is 18.1 Å². The number of nitro groups is 1. The van der Waals surface area contributed by atoms with E-state index >= 15 is 0 Å². The first-order chi connectivity index (χ1) is 14.7. The normalized spacial score (nSPS) is 11.5. The van der Waals surface area contributed by atoms with E-state index < -0.39 is 20.6 Å². The maximum absolute atomic E-state index is 12.8. The summed E-state index contributed by atoms with van der Waals surface area (Å²) in [4.78, 5) is 13.7. The van der Waals surface area contributed by atoms with E-state index in [1.54, 1.807) is 18.2 Å². The minimum Gasteiger partial charge on any atom is -0.495 e. The summed E-state index contributed by atoms with van der Waals surface area (Å²) in [6.45, 7) is 3.78. The van der Waals surface area contributed by atoms with Gasteiger partial charge in [0.2, 0.25) is 0 Å². The number of methoxy groups -OCH3 is 1. The lowest BCUT2D eigenvalue weighted by molar-refractivity contribution is -0.384. The van der Waals surface area contributed by atoms with Gasteiger partial charge in [-0.2, -0.15) is 5.10 Å². The molecule has 0 amide bonds. The molecule has 1 heterocycles. The van der Waals surface area contributed by atoms with Crippen LogP contribution in [0.1, 0.15) is 17.0 Å². The Hall–Kier alpha value is -3.86. The molecule has 3 aromatic rings. The Balaban J connectivity index is 1.87. The second kappa shape index (κ2) is 8.88. The fourth-order valence-corrected chi connectivity index (χ4v) is 4.00. The number of hydrogen-bond acceptors (Lipinski definition) is 7. The molecule has 11 heteroatoms. The summed E-state index contributed by atoms with van der Waals surface area (Å²) in [5.74, 6) is 0.323. The molecule has 0 atom stereocenters. The number of ether oxygens (including phenoxy) is 1. The Morgan fingerprint density at radius 1 is 1.13 bits per heavy atom. The quantitative estimate of drug-likeness (QED) is 0.275. The van der Waals surface area contributed by atoms with Gasteiger partial charge >= 0.3 is 0 Å². The minimum atomic E-state index is -4.09. The first-order valence-electron chi connectivity index (χ1n) is 9.11. The number of sulfonamides is 1. The van der Waals surface area contributed by atoms with Crippen LogP contribution >= 0.6 is 0 Å². The maximum atomic E-state index is 12.8. The molecule has 0 bridgehead atoms. The first kappa shape index (κ1) is 21.8. The van der Waals surface area contributed by atoms with E-state index in [2.05, 4.69) is 20.2 Å². The highest BCUT2D eigenvalue weighted by Crippen LogP contribution is 2.30. The van der Waals surface area contributed by atoms with Crippen molar-refractivity contribution in [1.29, 1.82) is 0 Å². The Labute approximate surface area is 179 Å². The lowest BCUT2D eigenvalue weighted by Gasteiger charge is -2.12. The number of hydrogen-bond donors (Lipinski definition) is 3. The number of hydrazone groups is 1. The van der Waals surface area contributed by atoms with Crippen molar-refractivity contribution in [2.24, 2.45) is 5.10 Å². The Morgan fingerprint density at radius 2 is 1.87 bits per heavy atom. The smallest absolute Gasteiger partial charge is 0.295 e. The molecule has 0 fully saturated rings. The third-order valence-electron chi connectivity index (χ3n) is 4.41. The number of benzene rings is 2. The number of para-hydroxylation sites is 2. The summed E-state index contributed by atoms with van der Waals surface area (Å²) in [6.07, 6.45) is 1.52. The molecule has 3 rings (SSSR count). The Bertz CT molecular complexity index is 1250. The molecule has 0 aliphatic carbocycles. The number of aryl methyl sites for hydroxylation is 2. The number of anilines is 2. The predicted molar refractivity (Wildman–Crippen MR) is 118 cm³/mol. The van der Waals surface area contributed by atoms with Crippen LogP contribution in [0.3, 0.4) is 0 Å². The number of nitrogens with zero attached hydrogens (tertiary/aromatic N) is 2. The number of rotatable bonds is 8. The van der Waals surface area contributed by atoms with Crippen molar-refractivity contribution >= 4 is 33.3 Å². The molecule has 0 aliphatic rings. The summed E-state index contributed by atoms with van der Waals surface area (Å²) >= 11 is 0. The van der Waals surface area contributed by atoms with Gasteiger partial charge in [-0.05, 0) is 44.2 Å². The van der Waals surface area contributed by atoms with Crippen LogP contribution in [0.15, 0.2) is 58.5 Å². The number of nitro benzene ring substituents is 1. The van der Waals surface area contributed by atoms with Gasteiger partial charge in [0.15, 0.2) is 0 Å². The second-order valence-corrected chi connectivity index (χ2v) is 8.33. The molecular formula is C20H21N5O5S. The maximum Gasteiger partial charge on any atom is 0.295 e. The van der Waals surface area contributed by atoms with Crippen molar-refractivity contribution in [3.63, 3.8) is 0 Å². The monoisotopic (exact) mass is 443 g/mol. The van der Waals surface area contributed by atoms with E-state index in [1.807, 2.05) is 19.9 Å². The Morgan fingerprint density at radius 3 is 2.52 bits per heavy atom. The highest BCUT2D eigenvalue weighted by molar-refractivity contribution is 7.92. The van der Waals surface area contributed by atoms with E-state index in [4.69, 9.17) is 4.74 Å². The average Bonchev–Trinajstić information content (AvgIpc) is 3.05. The van der Waals surface area contributed by atoms with Crippen LogP contribution in [0.25, 0.3) is 0 Å². The molecule has 31 heavy (non-hydrogen) atoms. The van der Waals surface area contributed by atoms with E-state index in [0.717, 1.165) is 23.0 Å². The van der Waals surface area contributed by atoms with Gasteiger partial charge in [-0.3, -0.25) is 20.3 Å². The molecular weight excluding hydrogens is 422 g/mol. The van der Waals surface area contributed by atoms with Crippen molar-refractivity contribution in [1.82, 2.24) is 4.98 Å². The van der Waals surface area contributed by atoms with Gasteiger partial charge in [0.05, 0.1) is 28.8 Å². The molecule has 10 nitrogen and oxygen atoms in total. The summed E-state index contributed by atoms with van der Waals surface area (Å²) in [6, 6.07) is 11.9. The zero-order chi connectivity index (χ0) is 22.6. The lowest BCUT2D eigenvalue weighted by atomic mass is 10.2. The highest BCUT2D eigenvalue weighted by Gasteiger charge is 2.22. The summed E-state index contributed by atoms with van der Waals surface area (Å²) in [5.41, 5.74) is 5.14. The van der Waals surface area contributed by atoms with E-state index in [9.17, 15) is 18.5 Å². The van der Waals surface area contributed by atoms with Gasteiger partial charge in [-0.15, -0.1) is 0 Å². The predicted octanol–water partition coefficient (Wildman–Crippen LogP) is 3.80. The number of H-pyrrole nitrogens is 1. The standard InChI is InChI=1S/C20H21N5O5S/c1-13-10-15(14(2)22-13)12-21-23-17-9-8-16(11-19(17)25(26)27)31(28,29)24-18-6-4-5-7-20(18)30-3/h4-12,22-24H,1-3H3/b21-12+. The summed E-state index contributed by atoms with van der Waals surface area (Å²) in [7, 11) is -2.68. The molecule has 0 unspecified atom stereocenters. The first-order valence-corrected chi connectivity index (χ1v) is 10.6. The van der Waals surface area contributed by atoms with Crippen LogP contribution in [0.4, 0.5) is 17.1 Å². The molecule has 0 saturated carbocycles. The zero-order valence-corrected chi connectivity index (χ0v) is 17.9. The molecule has 2 aromatic carbocycles.